The highest BCUT2D eigenvalue weighted by molar-refractivity contribution is 5.36. The Labute approximate surface area is 115 Å². The van der Waals surface area contributed by atoms with E-state index in [1.165, 1.54) is 5.57 Å². The molecule has 1 heterocycles. The molecule has 1 N–H and O–H groups in total. The van der Waals surface area contributed by atoms with E-state index >= 15 is 0 Å². The molecule has 1 aliphatic heterocycles. The van der Waals surface area contributed by atoms with Gasteiger partial charge in [0.15, 0.2) is 0 Å². The summed E-state index contributed by atoms with van der Waals surface area (Å²) in [5.41, 5.74) is 2.34. The lowest BCUT2D eigenvalue weighted by Crippen LogP contribution is -2.42. The third-order valence-electron chi connectivity index (χ3n) is 5.01. The Morgan fingerprint density at radius 1 is 1.21 bits per heavy atom. The maximum absolute atomic E-state index is 10.1. The first-order valence-corrected chi connectivity index (χ1v) is 7.17. The number of rotatable bonds is 1. The van der Waals surface area contributed by atoms with Gasteiger partial charge >= 0.3 is 0 Å². The standard InChI is InChI=1S/C17H22O2/c1-10-8-11(2)16-12(3)14(10)9-19-17(16)13-6-4-5-7-15(13)18/h4-8,10,12,14,16-18H,9H2,1-3H3/t10-,12+,14-,16+,17+/m1/s1. The average Bonchev–Trinajstić information content (AvgIpc) is 2.36. The molecule has 0 radical (unpaired) electrons. The van der Waals surface area contributed by atoms with E-state index in [4.69, 9.17) is 4.74 Å². The van der Waals surface area contributed by atoms with Gasteiger partial charge in [0, 0.05) is 11.5 Å². The molecule has 0 spiro atoms. The van der Waals surface area contributed by atoms with E-state index in [0.717, 1.165) is 12.2 Å². The molecule has 1 aliphatic carbocycles. The van der Waals surface area contributed by atoms with E-state index in [1.807, 2.05) is 18.2 Å². The Bertz CT molecular complexity index is 506. The van der Waals surface area contributed by atoms with Crippen LogP contribution in [0.2, 0.25) is 0 Å². The van der Waals surface area contributed by atoms with Crippen LogP contribution in [0.5, 0.6) is 5.75 Å². The molecule has 3 rings (SSSR count). The number of para-hydroxylation sites is 1. The van der Waals surface area contributed by atoms with E-state index in [1.54, 1.807) is 6.07 Å². The Hall–Kier alpha value is -1.28. The molecule has 102 valence electrons. The lowest BCUT2D eigenvalue weighted by molar-refractivity contribution is -0.0941. The molecule has 2 bridgehead atoms. The summed E-state index contributed by atoms with van der Waals surface area (Å²) in [5.74, 6) is 2.55. The van der Waals surface area contributed by atoms with Gasteiger partial charge in [0.2, 0.25) is 0 Å². The molecule has 5 atom stereocenters. The Kier molecular flexibility index (Phi) is 3.14. The largest absolute Gasteiger partial charge is 0.508 e. The van der Waals surface area contributed by atoms with Crippen LogP contribution in [0, 0.1) is 23.7 Å². The molecular weight excluding hydrogens is 236 g/mol. The van der Waals surface area contributed by atoms with E-state index < -0.39 is 0 Å². The Balaban J connectivity index is 2.01. The second kappa shape index (κ2) is 4.68. The van der Waals surface area contributed by atoms with E-state index in [9.17, 15) is 5.11 Å². The van der Waals surface area contributed by atoms with Crippen LogP contribution in [-0.4, -0.2) is 11.7 Å². The normalized spacial score (nSPS) is 37.8. The maximum atomic E-state index is 10.1. The second-order valence-electron chi connectivity index (χ2n) is 6.13. The lowest BCUT2D eigenvalue weighted by atomic mass is 9.64. The number of allylic oxidation sites excluding steroid dienone is 1. The lowest BCUT2D eigenvalue weighted by Gasteiger charge is -2.47. The van der Waals surface area contributed by atoms with Crippen LogP contribution in [0.4, 0.5) is 0 Å². The van der Waals surface area contributed by atoms with Crippen LogP contribution in [0.15, 0.2) is 35.9 Å². The second-order valence-corrected chi connectivity index (χ2v) is 6.13. The average molecular weight is 258 g/mol. The molecular formula is C17H22O2. The van der Waals surface area contributed by atoms with Crippen LogP contribution in [-0.2, 0) is 4.74 Å². The van der Waals surface area contributed by atoms with Crippen molar-refractivity contribution in [1.29, 1.82) is 0 Å². The topological polar surface area (TPSA) is 29.5 Å². The van der Waals surface area contributed by atoms with E-state index in [0.29, 0.717) is 29.4 Å². The Morgan fingerprint density at radius 2 is 1.95 bits per heavy atom. The summed E-state index contributed by atoms with van der Waals surface area (Å²) in [6.45, 7) is 7.61. The number of hydrogen-bond acceptors (Lipinski definition) is 2. The van der Waals surface area contributed by atoms with Crippen molar-refractivity contribution in [1.82, 2.24) is 0 Å². The first-order chi connectivity index (χ1) is 9.09. The first kappa shape index (κ1) is 12.7. The van der Waals surface area contributed by atoms with Gasteiger partial charge in [-0.1, -0.05) is 43.7 Å². The predicted octanol–water partition coefficient (Wildman–Crippen LogP) is 3.93. The van der Waals surface area contributed by atoms with Gasteiger partial charge in [-0.2, -0.15) is 0 Å². The number of ether oxygens (including phenoxy) is 1. The van der Waals surface area contributed by atoms with Crippen molar-refractivity contribution in [3.05, 3.63) is 41.5 Å². The summed E-state index contributed by atoms with van der Waals surface area (Å²) >= 11 is 0. The fourth-order valence-electron chi connectivity index (χ4n) is 3.96. The zero-order valence-electron chi connectivity index (χ0n) is 11.8. The van der Waals surface area contributed by atoms with Gasteiger partial charge in [0.25, 0.3) is 0 Å². The smallest absolute Gasteiger partial charge is 0.121 e. The monoisotopic (exact) mass is 258 g/mol. The fraction of sp³-hybridized carbons (Fsp3) is 0.529. The molecule has 1 fully saturated rings. The van der Waals surface area contributed by atoms with Gasteiger partial charge in [-0.25, -0.2) is 0 Å². The van der Waals surface area contributed by atoms with Crippen LogP contribution < -0.4 is 0 Å². The maximum Gasteiger partial charge on any atom is 0.121 e. The van der Waals surface area contributed by atoms with Crippen molar-refractivity contribution >= 4 is 0 Å². The Morgan fingerprint density at radius 3 is 2.68 bits per heavy atom. The number of benzene rings is 1. The number of aromatic hydroxyl groups is 1. The highest BCUT2D eigenvalue weighted by atomic mass is 16.5. The van der Waals surface area contributed by atoms with Crippen LogP contribution in [0.25, 0.3) is 0 Å². The third kappa shape index (κ3) is 1.99. The third-order valence-corrected chi connectivity index (χ3v) is 5.01. The minimum absolute atomic E-state index is 0.00352. The molecule has 1 aromatic rings. The highest BCUT2D eigenvalue weighted by Gasteiger charge is 2.44. The van der Waals surface area contributed by atoms with Crippen molar-refractivity contribution in [3.63, 3.8) is 0 Å². The van der Waals surface area contributed by atoms with Gasteiger partial charge in [-0.15, -0.1) is 0 Å². The van der Waals surface area contributed by atoms with E-state index in [2.05, 4.69) is 26.8 Å². The van der Waals surface area contributed by atoms with Gasteiger partial charge < -0.3 is 9.84 Å². The summed E-state index contributed by atoms with van der Waals surface area (Å²) in [7, 11) is 0. The number of phenolic OH excluding ortho intramolecular Hbond substituents is 1. The quantitative estimate of drug-likeness (QED) is 0.773. The highest BCUT2D eigenvalue weighted by Crippen LogP contribution is 2.50. The fourth-order valence-corrected chi connectivity index (χ4v) is 3.96. The summed E-state index contributed by atoms with van der Waals surface area (Å²) in [6.07, 6.45) is 2.39. The van der Waals surface area contributed by atoms with Crippen molar-refractivity contribution < 1.29 is 9.84 Å². The van der Waals surface area contributed by atoms with Crippen LogP contribution in [0.3, 0.4) is 0 Å². The molecule has 0 aromatic heterocycles. The molecule has 0 amide bonds. The molecule has 1 saturated heterocycles. The number of phenols is 1. The minimum Gasteiger partial charge on any atom is -0.508 e. The summed E-state index contributed by atoms with van der Waals surface area (Å²) in [6, 6.07) is 7.57. The van der Waals surface area contributed by atoms with Gasteiger partial charge in [-0.3, -0.25) is 0 Å². The van der Waals surface area contributed by atoms with Crippen molar-refractivity contribution in [2.45, 2.75) is 26.9 Å². The van der Waals surface area contributed by atoms with Crippen molar-refractivity contribution in [2.24, 2.45) is 23.7 Å². The molecule has 2 aliphatic rings. The minimum atomic E-state index is -0.00352. The zero-order valence-corrected chi connectivity index (χ0v) is 11.8. The van der Waals surface area contributed by atoms with Gasteiger partial charge in [-0.05, 0) is 30.7 Å². The zero-order chi connectivity index (χ0) is 13.6. The summed E-state index contributed by atoms with van der Waals surface area (Å²) < 4.78 is 6.12. The molecule has 0 unspecified atom stereocenters. The predicted molar refractivity (Wildman–Crippen MR) is 75.9 cm³/mol. The van der Waals surface area contributed by atoms with Crippen molar-refractivity contribution in [2.75, 3.05) is 6.61 Å². The summed E-state index contributed by atoms with van der Waals surface area (Å²) in [5, 5.41) is 10.1. The molecule has 1 aromatic carbocycles. The van der Waals surface area contributed by atoms with Gasteiger partial charge in [0.05, 0.1) is 12.7 Å². The van der Waals surface area contributed by atoms with Crippen LogP contribution in [0.1, 0.15) is 32.4 Å². The first-order valence-electron chi connectivity index (χ1n) is 7.17. The van der Waals surface area contributed by atoms with Crippen molar-refractivity contribution in [3.8, 4) is 5.75 Å². The number of fused-ring (bicyclic) bond motifs is 2. The van der Waals surface area contributed by atoms with Crippen LogP contribution >= 0.6 is 0 Å². The van der Waals surface area contributed by atoms with E-state index in [-0.39, 0.29) is 6.10 Å². The number of hydrogen-bond donors (Lipinski definition) is 1. The summed E-state index contributed by atoms with van der Waals surface area (Å²) in [4.78, 5) is 0. The molecule has 2 heteroatoms. The molecule has 2 nitrogen and oxygen atoms in total. The molecule has 19 heavy (non-hydrogen) atoms. The molecule has 0 saturated carbocycles. The SMILES string of the molecule is CC1=C[C@@H](C)[C@H]2CO[C@@H](c3ccccc3O)[C@@H]1[C@H]2C. The van der Waals surface area contributed by atoms with Gasteiger partial charge in [0.1, 0.15) is 5.75 Å².